The quantitative estimate of drug-likeness (QED) is 0.384. The predicted octanol–water partition coefficient (Wildman–Crippen LogP) is 5.83. The fourth-order valence-corrected chi connectivity index (χ4v) is 3.96. The van der Waals surface area contributed by atoms with Gasteiger partial charge in [0.1, 0.15) is 11.5 Å². The molecule has 150 valence electrons. The van der Waals surface area contributed by atoms with Gasteiger partial charge in [-0.2, -0.15) is 0 Å². The van der Waals surface area contributed by atoms with Crippen molar-refractivity contribution in [3.05, 3.63) is 58.7 Å². The van der Waals surface area contributed by atoms with Gasteiger partial charge in [0.2, 0.25) is 0 Å². The SMILES string of the molecule is COC(=O)Oc1ccc(C(C)(C)c2ccc(O)c(C3CCCC3)c2)cc1C.[W]. The second kappa shape index (κ2) is 9.13. The van der Waals surface area contributed by atoms with E-state index in [2.05, 4.69) is 24.7 Å². The average Bonchev–Trinajstić information content (AvgIpc) is 3.17. The summed E-state index contributed by atoms with van der Waals surface area (Å²) in [5.74, 6) is 1.36. The molecule has 0 aromatic heterocycles. The third kappa shape index (κ3) is 4.60. The number of ether oxygens (including phenoxy) is 2. The minimum Gasteiger partial charge on any atom is -0.508 e. The van der Waals surface area contributed by atoms with Crippen LogP contribution in [0, 0.1) is 6.92 Å². The van der Waals surface area contributed by atoms with Gasteiger partial charge in [0.15, 0.2) is 0 Å². The third-order valence-electron chi connectivity index (χ3n) is 5.80. The Morgan fingerprint density at radius 2 is 1.68 bits per heavy atom. The van der Waals surface area contributed by atoms with Crippen molar-refractivity contribution >= 4 is 6.16 Å². The molecule has 2 aromatic rings. The number of aromatic hydroxyl groups is 1. The molecular formula is C23H28O4W. The Morgan fingerprint density at radius 3 is 2.29 bits per heavy atom. The van der Waals surface area contributed by atoms with Crippen LogP contribution in [0.2, 0.25) is 0 Å². The van der Waals surface area contributed by atoms with Crippen LogP contribution in [0.1, 0.15) is 67.7 Å². The number of hydrogen-bond acceptors (Lipinski definition) is 4. The summed E-state index contributed by atoms with van der Waals surface area (Å²) in [5, 5.41) is 10.4. The average molecular weight is 552 g/mol. The van der Waals surface area contributed by atoms with Gasteiger partial charge in [0.25, 0.3) is 0 Å². The molecule has 0 heterocycles. The van der Waals surface area contributed by atoms with Crippen molar-refractivity contribution in [3.63, 3.8) is 0 Å². The Balaban J connectivity index is 0.00000280. The summed E-state index contributed by atoms with van der Waals surface area (Å²) in [4.78, 5) is 11.4. The number of carbonyl (C=O) groups excluding carboxylic acids is 1. The molecule has 0 aliphatic heterocycles. The smallest absolute Gasteiger partial charge is 0.508 e. The molecule has 2 aromatic carbocycles. The normalized spacial score (nSPS) is 14.4. The molecule has 0 bridgehead atoms. The number of hydrogen-bond donors (Lipinski definition) is 1. The summed E-state index contributed by atoms with van der Waals surface area (Å²) in [6.45, 7) is 6.26. The number of aryl methyl sites for hydroxylation is 1. The van der Waals surface area contributed by atoms with E-state index in [1.54, 1.807) is 0 Å². The van der Waals surface area contributed by atoms with Crippen LogP contribution in [-0.4, -0.2) is 18.4 Å². The summed E-state index contributed by atoms with van der Waals surface area (Å²) in [5.41, 5.74) is 4.00. The van der Waals surface area contributed by atoms with Crippen LogP contribution >= 0.6 is 0 Å². The molecule has 0 unspecified atom stereocenters. The van der Waals surface area contributed by atoms with Crippen molar-refractivity contribution in [2.75, 3.05) is 7.11 Å². The van der Waals surface area contributed by atoms with Crippen molar-refractivity contribution in [2.45, 2.75) is 57.8 Å². The standard InChI is InChI=1S/C23H28O4.W/c1-15-13-17(10-12-21(15)27-22(25)26-4)23(2,3)18-9-11-20(24)19(14-18)16-7-5-6-8-16;/h9-14,16,24H,5-8H2,1-4H3;. The van der Waals surface area contributed by atoms with E-state index in [1.165, 1.54) is 25.5 Å². The Hall–Kier alpha value is -1.80. The molecule has 3 rings (SSSR count). The molecule has 1 fully saturated rings. The first-order chi connectivity index (χ1) is 12.8. The number of phenols is 1. The van der Waals surface area contributed by atoms with Crippen LogP contribution < -0.4 is 4.74 Å². The number of benzene rings is 2. The molecule has 0 radical (unpaired) electrons. The van der Waals surface area contributed by atoms with E-state index in [0.717, 1.165) is 29.5 Å². The fourth-order valence-electron chi connectivity index (χ4n) is 3.96. The summed E-state index contributed by atoms with van der Waals surface area (Å²) in [6, 6.07) is 11.8. The second-order valence-corrected chi connectivity index (χ2v) is 7.92. The monoisotopic (exact) mass is 552 g/mol. The molecule has 1 N–H and O–H groups in total. The van der Waals surface area contributed by atoms with Crippen molar-refractivity contribution in [2.24, 2.45) is 0 Å². The van der Waals surface area contributed by atoms with Crippen LogP contribution in [-0.2, 0) is 31.2 Å². The number of carbonyl (C=O) groups is 1. The molecule has 1 aliphatic carbocycles. The molecule has 1 aliphatic rings. The van der Waals surface area contributed by atoms with E-state index in [1.807, 2.05) is 37.3 Å². The zero-order chi connectivity index (χ0) is 19.6. The van der Waals surface area contributed by atoms with Gasteiger partial charge in [0, 0.05) is 26.5 Å². The third-order valence-corrected chi connectivity index (χ3v) is 5.80. The van der Waals surface area contributed by atoms with Gasteiger partial charge in [-0.25, -0.2) is 4.79 Å². The zero-order valence-electron chi connectivity index (χ0n) is 17.0. The number of methoxy groups -OCH3 is 1. The van der Waals surface area contributed by atoms with Crippen LogP contribution in [0.4, 0.5) is 4.79 Å². The molecule has 4 nitrogen and oxygen atoms in total. The van der Waals surface area contributed by atoms with Crippen molar-refractivity contribution in [1.82, 2.24) is 0 Å². The maximum absolute atomic E-state index is 11.4. The van der Waals surface area contributed by atoms with Gasteiger partial charge in [-0.1, -0.05) is 51.0 Å². The van der Waals surface area contributed by atoms with Gasteiger partial charge in [-0.3, -0.25) is 0 Å². The molecule has 0 atom stereocenters. The molecule has 5 heteroatoms. The Labute approximate surface area is 181 Å². The fraction of sp³-hybridized carbons (Fsp3) is 0.435. The summed E-state index contributed by atoms with van der Waals surface area (Å²) in [6.07, 6.45) is 4.05. The van der Waals surface area contributed by atoms with Crippen LogP contribution in [0.25, 0.3) is 0 Å². The molecule has 0 amide bonds. The van der Waals surface area contributed by atoms with Gasteiger partial charge in [-0.15, -0.1) is 0 Å². The van der Waals surface area contributed by atoms with E-state index in [4.69, 9.17) is 4.74 Å². The Kier molecular flexibility index (Phi) is 7.33. The topological polar surface area (TPSA) is 55.8 Å². The molecule has 0 spiro atoms. The van der Waals surface area contributed by atoms with Gasteiger partial charge >= 0.3 is 6.16 Å². The van der Waals surface area contributed by atoms with Crippen LogP contribution in [0.3, 0.4) is 0 Å². The van der Waals surface area contributed by atoms with E-state index < -0.39 is 6.16 Å². The minimum atomic E-state index is -0.718. The van der Waals surface area contributed by atoms with Gasteiger partial charge < -0.3 is 14.6 Å². The van der Waals surface area contributed by atoms with E-state index in [9.17, 15) is 9.90 Å². The van der Waals surface area contributed by atoms with Crippen molar-refractivity contribution < 1.29 is 40.4 Å². The summed E-state index contributed by atoms with van der Waals surface area (Å²) in [7, 11) is 1.29. The summed E-state index contributed by atoms with van der Waals surface area (Å²) >= 11 is 0. The predicted molar refractivity (Wildman–Crippen MR) is 106 cm³/mol. The van der Waals surface area contributed by atoms with Gasteiger partial charge in [0.05, 0.1) is 7.11 Å². The van der Waals surface area contributed by atoms with E-state index in [-0.39, 0.29) is 26.5 Å². The zero-order valence-corrected chi connectivity index (χ0v) is 19.9. The van der Waals surface area contributed by atoms with Crippen molar-refractivity contribution in [1.29, 1.82) is 0 Å². The second-order valence-electron chi connectivity index (χ2n) is 7.92. The Morgan fingerprint density at radius 1 is 1.07 bits per heavy atom. The number of phenolic OH excluding ortho intramolecular Hbond substituents is 1. The van der Waals surface area contributed by atoms with Crippen LogP contribution in [0.15, 0.2) is 36.4 Å². The Bertz CT molecular complexity index is 838. The first-order valence-corrected chi connectivity index (χ1v) is 9.53. The summed E-state index contributed by atoms with van der Waals surface area (Å²) < 4.78 is 9.74. The molecule has 0 saturated heterocycles. The molecule has 28 heavy (non-hydrogen) atoms. The maximum atomic E-state index is 11.4. The van der Waals surface area contributed by atoms with Crippen LogP contribution in [0.5, 0.6) is 11.5 Å². The molecule has 1 saturated carbocycles. The first kappa shape index (κ1) is 22.5. The van der Waals surface area contributed by atoms with Crippen molar-refractivity contribution in [3.8, 4) is 11.5 Å². The van der Waals surface area contributed by atoms with Gasteiger partial charge in [-0.05, 0) is 60.1 Å². The maximum Gasteiger partial charge on any atom is 0.513 e. The largest absolute Gasteiger partial charge is 0.513 e. The van der Waals surface area contributed by atoms with E-state index in [0.29, 0.717) is 17.4 Å². The number of rotatable bonds is 4. The minimum absolute atomic E-state index is 0. The molecular weight excluding hydrogens is 524 g/mol. The van der Waals surface area contributed by atoms with E-state index >= 15 is 0 Å². The first-order valence-electron chi connectivity index (χ1n) is 9.53.